The monoisotopic (exact) mass is 404 g/mol. The van der Waals surface area contributed by atoms with Crippen molar-refractivity contribution in [3.63, 3.8) is 0 Å². The predicted octanol–water partition coefficient (Wildman–Crippen LogP) is 4.94. The Morgan fingerprint density at radius 3 is 2.41 bits per heavy atom. The molecule has 3 rings (SSSR count). The minimum absolute atomic E-state index is 0.0104. The van der Waals surface area contributed by atoms with Gasteiger partial charge in [-0.15, -0.1) is 11.3 Å². The number of amides is 1. The van der Waals surface area contributed by atoms with Crippen LogP contribution in [0.25, 0.3) is 20.2 Å². The molecule has 0 aliphatic heterocycles. The molecule has 0 aliphatic rings. The van der Waals surface area contributed by atoms with Crippen LogP contribution in [0.3, 0.4) is 0 Å². The molecule has 0 bridgehead atoms. The van der Waals surface area contributed by atoms with Gasteiger partial charge >= 0.3 is 12.1 Å². The molecule has 27 heavy (non-hydrogen) atoms. The van der Waals surface area contributed by atoms with E-state index in [-0.39, 0.29) is 5.92 Å². The topological polar surface area (TPSA) is 87.7 Å². The van der Waals surface area contributed by atoms with E-state index < -0.39 is 18.1 Å². The van der Waals surface area contributed by atoms with Crippen LogP contribution in [0.5, 0.6) is 0 Å². The first-order valence-corrected chi connectivity index (χ1v) is 9.99. The summed E-state index contributed by atoms with van der Waals surface area (Å²) in [5, 5.41) is 14.2. The summed E-state index contributed by atoms with van der Waals surface area (Å²) in [6.45, 7) is 3.75. The number of carboxylic acids is 1. The van der Waals surface area contributed by atoms with Crippen molar-refractivity contribution in [3.05, 3.63) is 36.4 Å². The Labute approximate surface area is 165 Å². The molecule has 8 heteroatoms. The van der Waals surface area contributed by atoms with E-state index in [1.165, 1.54) is 19.1 Å². The van der Waals surface area contributed by atoms with Gasteiger partial charge in [-0.25, -0.2) is 9.52 Å². The van der Waals surface area contributed by atoms with E-state index in [0.717, 1.165) is 25.1 Å². The number of nitrogens with one attached hydrogen (secondary N) is 2. The number of carbonyl (C=O) groups excluding carboxylic acids is 1. The van der Waals surface area contributed by atoms with E-state index in [9.17, 15) is 14.7 Å². The summed E-state index contributed by atoms with van der Waals surface area (Å²) in [7, 11) is 1.33. The average molecular weight is 405 g/mol. The second kappa shape index (κ2) is 8.16. The highest BCUT2D eigenvalue weighted by atomic mass is 32.2. The van der Waals surface area contributed by atoms with Gasteiger partial charge in [0, 0.05) is 30.8 Å². The maximum absolute atomic E-state index is 11.4. The molecule has 0 saturated carbocycles. The Morgan fingerprint density at radius 2 is 1.78 bits per heavy atom. The molecule has 2 aromatic carbocycles. The van der Waals surface area contributed by atoms with Crippen molar-refractivity contribution >= 4 is 61.2 Å². The maximum atomic E-state index is 11.4. The molecule has 1 atom stereocenters. The molecule has 1 amide bonds. The first-order chi connectivity index (χ1) is 12.9. The molecular weight excluding hydrogens is 384 g/mol. The van der Waals surface area contributed by atoms with Gasteiger partial charge in [-0.2, -0.15) is 0 Å². The van der Waals surface area contributed by atoms with Crippen molar-refractivity contribution in [1.29, 1.82) is 0 Å². The number of anilines is 1. The molecule has 142 valence electrons. The lowest BCUT2D eigenvalue weighted by molar-refractivity contribution is -0.139. The predicted molar refractivity (Wildman–Crippen MR) is 111 cm³/mol. The number of hydrogen-bond acceptors (Lipinski definition) is 6. The zero-order valence-corrected chi connectivity index (χ0v) is 16.7. The van der Waals surface area contributed by atoms with Gasteiger partial charge in [0.1, 0.15) is 6.04 Å². The van der Waals surface area contributed by atoms with Gasteiger partial charge in [-0.1, -0.05) is 26.0 Å². The Kier molecular flexibility index (Phi) is 5.88. The van der Waals surface area contributed by atoms with Gasteiger partial charge in [0.15, 0.2) is 0 Å². The SMILES string of the molecule is COC(=O)Nc1ccc2c(c1)sc1cc(SNC(C(=O)O)C(C)C)ccc12. The van der Waals surface area contributed by atoms with Crippen LogP contribution >= 0.6 is 23.3 Å². The lowest BCUT2D eigenvalue weighted by Crippen LogP contribution is -2.36. The van der Waals surface area contributed by atoms with E-state index in [1.807, 2.05) is 50.2 Å². The minimum atomic E-state index is -0.855. The quantitative estimate of drug-likeness (QED) is 0.505. The minimum Gasteiger partial charge on any atom is -0.480 e. The molecule has 1 unspecified atom stereocenters. The number of methoxy groups -OCH3 is 1. The highest BCUT2D eigenvalue weighted by Crippen LogP contribution is 2.37. The van der Waals surface area contributed by atoms with E-state index in [4.69, 9.17) is 0 Å². The van der Waals surface area contributed by atoms with Crippen molar-refractivity contribution in [2.75, 3.05) is 12.4 Å². The highest BCUT2D eigenvalue weighted by Gasteiger charge is 2.21. The molecule has 0 spiro atoms. The number of thiophene rings is 1. The van der Waals surface area contributed by atoms with Crippen molar-refractivity contribution in [2.45, 2.75) is 24.8 Å². The Bertz CT molecular complexity index is 1000. The molecular formula is C19H20N2O4S2. The van der Waals surface area contributed by atoms with Gasteiger partial charge in [0.2, 0.25) is 0 Å². The Hall–Kier alpha value is -2.29. The number of aliphatic carboxylic acids is 1. The highest BCUT2D eigenvalue weighted by molar-refractivity contribution is 7.97. The summed E-state index contributed by atoms with van der Waals surface area (Å²) in [6, 6.07) is 11.2. The fourth-order valence-electron chi connectivity index (χ4n) is 2.67. The van der Waals surface area contributed by atoms with E-state index in [1.54, 1.807) is 11.3 Å². The van der Waals surface area contributed by atoms with Crippen LogP contribution < -0.4 is 10.0 Å². The van der Waals surface area contributed by atoms with Gasteiger partial charge in [0.25, 0.3) is 0 Å². The smallest absolute Gasteiger partial charge is 0.411 e. The third kappa shape index (κ3) is 4.35. The molecule has 0 fully saturated rings. The van der Waals surface area contributed by atoms with Crippen LogP contribution in [0.15, 0.2) is 41.3 Å². The van der Waals surface area contributed by atoms with Crippen LogP contribution in [0.4, 0.5) is 10.5 Å². The average Bonchev–Trinajstić information content (AvgIpc) is 2.97. The first kappa shape index (κ1) is 19.5. The van der Waals surface area contributed by atoms with E-state index in [2.05, 4.69) is 14.8 Å². The molecule has 1 heterocycles. The Morgan fingerprint density at radius 1 is 1.11 bits per heavy atom. The lowest BCUT2D eigenvalue weighted by Gasteiger charge is -2.16. The molecule has 0 saturated heterocycles. The van der Waals surface area contributed by atoms with E-state index in [0.29, 0.717) is 5.69 Å². The standard InChI is InChI=1S/C19H20N2O4S2/c1-10(2)17(18(22)23)21-27-12-5-7-14-13-6-4-11(20-19(24)25-3)8-15(13)26-16(14)9-12/h4-10,17,21H,1-3H3,(H,20,24)(H,22,23). The lowest BCUT2D eigenvalue weighted by atomic mass is 10.1. The van der Waals surface area contributed by atoms with E-state index >= 15 is 0 Å². The summed E-state index contributed by atoms with van der Waals surface area (Å²) in [4.78, 5) is 23.6. The van der Waals surface area contributed by atoms with Crippen molar-refractivity contribution < 1.29 is 19.4 Å². The van der Waals surface area contributed by atoms with Crippen LogP contribution in [-0.4, -0.2) is 30.3 Å². The number of ether oxygens (including phenoxy) is 1. The second-order valence-corrected chi connectivity index (χ2v) is 8.36. The van der Waals surface area contributed by atoms with Crippen molar-refractivity contribution in [1.82, 2.24) is 4.72 Å². The molecule has 3 aromatic rings. The molecule has 3 N–H and O–H groups in total. The number of benzene rings is 2. The normalized spacial score (nSPS) is 12.4. The number of carboxylic acid groups (broad SMARTS) is 1. The molecule has 6 nitrogen and oxygen atoms in total. The summed E-state index contributed by atoms with van der Waals surface area (Å²) in [5.74, 6) is -0.866. The zero-order valence-electron chi connectivity index (χ0n) is 15.1. The zero-order chi connectivity index (χ0) is 19.6. The van der Waals surface area contributed by atoms with Gasteiger partial charge < -0.3 is 9.84 Å². The first-order valence-electron chi connectivity index (χ1n) is 8.35. The molecule has 0 radical (unpaired) electrons. The fraction of sp³-hybridized carbons (Fsp3) is 0.263. The fourth-order valence-corrected chi connectivity index (χ4v) is 4.88. The van der Waals surface area contributed by atoms with Gasteiger partial charge in [-0.3, -0.25) is 10.1 Å². The van der Waals surface area contributed by atoms with Crippen LogP contribution in [0.2, 0.25) is 0 Å². The summed E-state index contributed by atoms with van der Waals surface area (Å²) >= 11 is 2.95. The van der Waals surface area contributed by atoms with Crippen molar-refractivity contribution in [2.24, 2.45) is 5.92 Å². The second-order valence-electron chi connectivity index (χ2n) is 6.37. The van der Waals surface area contributed by atoms with Gasteiger partial charge in [0.05, 0.1) is 7.11 Å². The third-order valence-electron chi connectivity index (χ3n) is 4.11. The van der Waals surface area contributed by atoms with Crippen LogP contribution in [0.1, 0.15) is 13.8 Å². The number of carbonyl (C=O) groups is 2. The maximum Gasteiger partial charge on any atom is 0.411 e. The molecule has 1 aromatic heterocycles. The molecule has 0 aliphatic carbocycles. The third-order valence-corrected chi connectivity index (χ3v) is 6.09. The van der Waals surface area contributed by atoms with Crippen molar-refractivity contribution in [3.8, 4) is 0 Å². The Balaban J connectivity index is 1.85. The summed E-state index contributed by atoms with van der Waals surface area (Å²) in [5.41, 5.74) is 0.679. The summed E-state index contributed by atoms with van der Waals surface area (Å²) in [6.07, 6.45) is -0.502. The van der Waals surface area contributed by atoms with Gasteiger partial charge in [-0.05, 0) is 42.1 Å². The number of fused-ring (bicyclic) bond motifs is 3. The summed E-state index contributed by atoms with van der Waals surface area (Å²) < 4.78 is 9.81. The van der Waals surface area contributed by atoms with Crippen LogP contribution in [-0.2, 0) is 9.53 Å². The van der Waals surface area contributed by atoms with Crippen LogP contribution in [0, 0.1) is 5.92 Å². The number of hydrogen-bond donors (Lipinski definition) is 3. The largest absolute Gasteiger partial charge is 0.480 e. The number of rotatable bonds is 6.